The summed E-state index contributed by atoms with van der Waals surface area (Å²) in [6, 6.07) is 0. The third kappa shape index (κ3) is 9.33. The van der Waals surface area contributed by atoms with Crippen LogP contribution in [0.4, 0.5) is 0 Å². The fourth-order valence-electron chi connectivity index (χ4n) is 1.48. The van der Waals surface area contributed by atoms with E-state index in [0.717, 1.165) is 11.9 Å². The lowest BCUT2D eigenvalue weighted by Crippen LogP contribution is -2.30. The second-order valence-corrected chi connectivity index (χ2v) is 7.11. The molecule has 0 amide bonds. The van der Waals surface area contributed by atoms with Crippen LogP contribution in [0.3, 0.4) is 0 Å². The summed E-state index contributed by atoms with van der Waals surface area (Å²) in [5.41, 5.74) is 0. The van der Waals surface area contributed by atoms with Gasteiger partial charge in [-0.2, -0.15) is 0 Å². The maximum atomic E-state index is 11.0. The molecule has 5 heteroatoms. The largest absolute Gasteiger partial charge is 0.305 e. The van der Waals surface area contributed by atoms with E-state index in [1.165, 1.54) is 19.1 Å². The number of hydrogen-bond acceptors (Lipinski definition) is 3. The molecule has 3 nitrogen and oxygen atoms in total. The Hall–Kier alpha value is 0.390. The molecule has 0 aromatic heterocycles. The minimum atomic E-state index is -2.83. The summed E-state index contributed by atoms with van der Waals surface area (Å²) < 4.78 is 22.0. The van der Waals surface area contributed by atoms with E-state index >= 15 is 0 Å². The smallest absolute Gasteiger partial charge is 0.148 e. The minimum Gasteiger partial charge on any atom is -0.305 e. The number of nitrogens with zero attached hydrogens (tertiary/aromatic N) is 1. The van der Waals surface area contributed by atoms with Crippen molar-refractivity contribution in [1.82, 2.24) is 4.90 Å². The Morgan fingerprint density at radius 1 is 1.40 bits per heavy atom. The van der Waals surface area contributed by atoms with Gasteiger partial charge in [0.1, 0.15) is 9.84 Å². The topological polar surface area (TPSA) is 37.4 Å². The van der Waals surface area contributed by atoms with Gasteiger partial charge in [0, 0.05) is 24.7 Å². The summed E-state index contributed by atoms with van der Waals surface area (Å²) in [6.45, 7) is 3.77. The summed E-state index contributed by atoms with van der Waals surface area (Å²) in [5, 5.41) is 0.990. The van der Waals surface area contributed by atoms with E-state index in [4.69, 9.17) is 0 Å². The van der Waals surface area contributed by atoms with Crippen LogP contribution in [0, 0.1) is 5.92 Å². The Morgan fingerprint density at radius 3 is 2.40 bits per heavy atom. The molecule has 0 aromatic rings. The molecule has 0 aliphatic carbocycles. The van der Waals surface area contributed by atoms with Gasteiger partial charge in [0.05, 0.1) is 5.75 Å². The maximum absolute atomic E-state index is 11.0. The quantitative estimate of drug-likeness (QED) is 0.641. The van der Waals surface area contributed by atoms with Gasteiger partial charge in [-0.05, 0) is 19.4 Å². The molecule has 0 aliphatic heterocycles. The van der Waals surface area contributed by atoms with Gasteiger partial charge in [-0.25, -0.2) is 8.42 Å². The molecule has 0 bridgehead atoms. The third-order valence-corrected chi connectivity index (χ3v) is 4.17. The van der Waals surface area contributed by atoms with E-state index in [0.29, 0.717) is 12.5 Å². The molecule has 0 saturated heterocycles. The molecule has 0 fully saturated rings. The molecule has 0 N–H and O–H groups in total. The lowest BCUT2D eigenvalue weighted by Gasteiger charge is -2.21. The first-order chi connectivity index (χ1) is 6.89. The fourth-order valence-corrected chi connectivity index (χ4v) is 2.65. The molecule has 0 saturated carbocycles. The predicted octanol–water partition coefficient (Wildman–Crippen LogP) is 1.77. The van der Waals surface area contributed by atoms with E-state index in [9.17, 15) is 8.42 Å². The molecule has 0 spiro atoms. The molecule has 0 aliphatic rings. The van der Waals surface area contributed by atoms with Crippen LogP contribution < -0.4 is 0 Å². The number of alkyl halides is 1. The SMILES string of the molecule is CCCC(CBr)CN(C)CCS(C)(=O)=O. The molecule has 0 aromatic carbocycles. The molecule has 0 rings (SSSR count). The molecular weight excluding hydrogens is 278 g/mol. The molecule has 0 heterocycles. The van der Waals surface area contributed by atoms with Gasteiger partial charge in [-0.3, -0.25) is 0 Å². The monoisotopic (exact) mass is 299 g/mol. The highest BCUT2D eigenvalue weighted by Gasteiger charge is 2.11. The Balaban J connectivity index is 3.85. The average Bonchev–Trinajstić information content (AvgIpc) is 2.13. The first-order valence-corrected chi connectivity index (χ1v) is 8.49. The van der Waals surface area contributed by atoms with Crippen molar-refractivity contribution < 1.29 is 8.42 Å². The van der Waals surface area contributed by atoms with Gasteiger partial charge in [-0.1, -0.05) is 29.3 Å². The molecule has 92 valence electrons. The first-order valence-electron chi connectivity index (χ1n) is 5.31. The van der Waals surface area contributed by atoms with E-state index in [1.807, 2.05) is 7.05 Å². The van der Waals surface area contributed by atoms with Crippen LogP contribution in [0.15, 0.2) is 0 Å². The lowest BCUT2D eigenvalue weighted by atomic mass is 10.1. The van der Waals surface area contributed by atoms with E-state index in [-0.39, 0.29) is 5.75 Å². The normalized spacial score (nSPS) is 14.5. The van der Waals surface area contributed by atoms with Gasteiger partial charge in [-0.15, -0.1) is 0 Å². The molecule has 1 atom stereocenters. The van der Waals surface area contributed by atoms with Gasteiger partial charge >= 0.3 is 0 Å². The van der Waals surface area contributed by atoms with E-state index in [2.05, 4.69) is 27.8 Å². The molecule has 1 unspecified atom stereocenters. The van der Waals surface area contributed by atoms with Crippen LogP contribution in [0.25, 0.3) is 0 Å². The van der Waals surface area contributed by atoms with Crippen molar-refractivity contribution in [2.75, 3.05) is 37.5 Å². The average molecular weight is 300 g/mol. The van der Waals surface area contributed by atoms with Gasteiger partial charge in [0.25, 0.3) is 0 Å². The summed E-state index contributed by atoms with van der Waals surface area (Å²) in [5.74, 6) is 0.879. The van der Waals surface area contributed by atoms with Crippen molar-refractivity contribution in [2.24, 2.45) is 5.92 Å². The van der Waals surface area contributed by atoms with Crippen molar-refractivity contribution in [3.05, 3.63) is 0 Å². The molecular formula is C10H22BrNO2S. The van der Waals surface area contributed by atoms with Crippen molar-refractivity contribution in [3.63, 3.8) is 0 Å². The van der Waals surface area contributed by atoms with Crippen LogP contribution in [0.1, 0.15) is 19.8 Å². The summed E-state index contributed by atoms with van der Waals surface area (Å²) >= 11 is 3.49. The lowest BCUT2D eigenvalue weighted by molar-refractivity contribution is 0.294. The van der Waals surface area contributed by atoms with Gasteiger partial charge in [0.2, 0.25) is 0 Å². The van der Waals surface area contributed by atoms with Crippen LogP contribution in [-0.4, -0.2) is 50.8 Å². The van der Waals surface area contributed by atoms with Crippen molar-refractivity contribution in [1.29, 1.82) is 0 Å². The van der Waals surface area contributed by atoms with E-state index in [1.54, 1.807) is 0 Å². The molecule has 15 heavy (non-hydrogen) atoms. The first kappa shape index (κ1) is 15.4. The zero-order valence-corrected chi connectivity index (χ0v) is 12.3. The molecule has 0 radical (unpaired) electrons. The van der Waals surface area contributed by atoms with Crippen molar-refractivity contribution >= 4 is 25.8 Å². The second-order valence-electron chi connectivity index (χ2n) is 4.20. The summed E-state index contributed by atoms with van der Waals surface area (Å²) in [4.78, 5) is 2.10. The van der Waals surface area contributed by atoms with Crippen LogP contribution in [0.2, 0.25) is 0 Å². The van der Waals surface area contributed by atoms with E-state index < -0.39 is 9.84 Å². The van der Waals surface area contributed by atoms with Crippen LogP contribution in [0.5, 0.6) is 0 Å². The van der Waals surface area contributed by atoms with Gasteiger partial charge < -0.3 is 4.90 Å². The summed E-state index contributed by atoms with van der Waals surface area (Å²) in [7, 11) is -0.845. The highest BCUT2D eigenvalue weighted by Crippen LogP contribution is 2.10. The summed E-state index contributed by atoms with van der Waals surface area (Å²) in [6.07, 6.45) is 3.65. The maximum Gasteiger partial charge on any atom is 0.148 e. The Bertz CT molecular complexity index is 254. The number of sulfone groups is 1. The van der Waals surface area contributed by atoms with Crippen LogP contribution >= 0.6 is 15.9 Å². The number of hydrogen-bond donors (Lipinski definition) is 0. The fraction of sp³-hybridized carbons (Fsp3) is 1.00. The Morgan fingerprint density at radius 2 is 2.00 bits per heavy atom. The third-order valence-electron chi connectivity index (χ3n) is 2.33. The second kappa shape index (κ2) is 7.63. The Labute approximate surface area is 102 Å². The highest BCUT2D eigenvalue weighted by atomic mass is 79.9. The zero-order chi connectivity index (χ0) is 11.9. The standard InChI is InChI=1S/C10H22BrNO2S/c1-4-5-10(8-11)9-12(2)6-7-15(3,13)14/h10H,4-9H2,1-3H3. The van der Waals surface area contributed by atoms with Crippen LogP contribution in [-0.2, 0) is 9.84 Å². The predicted molar refractivity (Wildman–Crippen MR) is 69.4 cm³/mol. The van der Waals surface area contributed by atoms with Crippen molar-refractivity contribution in [2.45, 2.75) is 19.8 Å². The minimum absolute atomic E-state index is 0.255. The zero-order valence-electron chi connectivity index (χ0n) is 9.87. The van der Waals surface area contributed by atoms with Crippen molar-refractivity contribution in [3.8, 4) is 0 Å². The van der Waals surface area contributed by atoms with Gasteiger partial charge in [0.15, 0.2) is 0 Å². The number of rotatable bonds is 8. The Kier molecular flexibility index (Phi) is 7.83. The highest BCUT2D eigenvalue weighted by molar-refractivity contribution is 9.09. The number of halogens is 1.